The fourth-order valence-electron chi connectivity index (χ4n) is 3.05. The first-order chi connectivity index (χ1) is 18.3. The van der Waals surface area contributed by atoms with Gasteiger partial charge in [-0.1, -0.05) is 0 Å². The Hall–Kier alpha value is -0.500. The quantitative estimate of drug-likeness (QED) is 0.0806. The van der Waals surface area contributed by atoms with Crippen molar-refractivity contribution in [3.63, 3.8) is 0 Å². The molecular weight excluding hydrogens is 863 g/mol. The molecule has 0 saturated carbocycles. The summed E-state index contributed by atoms with van der Waals surface area (Å²) in [7, 11) is 0. The second-order valence-electron chi connectivity index (χ2n) is 8.29. The molecule has 0 aliphatic rings. The summed E-state index contributed by atoms with van der Waals surface area (Å²) in [6.45, 7) is -1.94. The molecule has 0 aromatic heterocycles. The number of hydrogen-bond acceptors (Lipinski definition) is 11. The van der Waals surface area contributed by atoms with E-state index in [2.05, 4.69) is 10.6 Å². The number of halogens is 3. The number of aliphatic hydroxyl groups excluding tert-OH is 7. The predicted octanol–water partition coefficient (Wildman–Crippen LogP) is -2.25. The topological polar surface area (TPSA) is 229 Å². The smallest absolute Gasteiger partial charge is 0.253 e. The number of nitrogens with zero attached hydrogens (tertiary/aromatic N) is 1. The van der Waals surface area contributed by atoms with Crippen LogP contribution in [0, 0.1) is 10.7 Å². The molecule has 0 aliphatic heterocycles. The van der Waals surface area contributed by atoms with Gasteiger partial charge in [-0.2, -0.15) is 0 Å². The van der Waals surface area contributed by atoms with Gasteiger partial charge < -0.3 is 56.0 Å². The van der Waals surface area contributed by atoms with E-state index in [9.17, 15) is 34.8 Å². The van der Waals surface area contributed by atoms with Gasteiger partial charge in [-0.25, -0.2) is 0 Å². The van der Waals surface area contributed by atoms with Crippen LogP contribution in [0.4, 0.5) is 5.69 Å². The summed E-state index contributed by atoms with van der Waals surface area (Å²) in [5, 5.41) is 71.2. The molecule has 4 atom stereocenters. The fourth-order valence-corrected chi connectivity index (χ4v) is 7.78. The minimum Gasteiger partial charge on any atom is -0.394 e. The summed E-state index contributed by atoms with van der Waals surface area (Å²) in [4.78, 5) is 40.2. The van der Waals surface area contributed by atoms with Crippen molar-refractivity contribution in [3.8, 4) is 0 Å². The number of hydrogen-bond donors (Lipinski definition) is 9. The van der Waals surface area contributed by atoms with E-state index >= 15 is 0 Å². The Labute approximate surface area is 265 Å². The molecule has 1 aromatic rings. The van der Waals surface area contributed by atoms with Crippen molar-refractivity contribution in [1.29, 1.82) is 0 Å². The summed E-state index contributed by atoms with van der Waals surface area (Å²) in [5.41, 5.74) is 0.125. The van der Waals surface area contributed by atoms with E-state index in [-0.39, 0.29) is 60.4 Å². The van der Waals surface area contributed by atoms with Crippen LogP contribution in [0.15, 0.2) is 0 Å². The molecule has 17 heteroatoms. The Morgan fingerprint density at radius 2 is 1.15 bits per heavy atom. The van der Waals surface area contributed by atoms with Gasteiger partial charge in [0.25, 0.3) is 11.8 Å². The third kappa shape index (κ3) is 11.0. The van der Waals surface area contributed by atoms with Crippen molar-refractivity contribution < 1.29 is 54.9 Å². The van der Waals surface area contributed by atoms with Crippen molar-refractivity contribution in [1.82, 2.24) is 10.6 Å². The van der Waals surface area contributed by atoms with Crippen LogP contribution in [0.5, 0.6) is 0 Å². The number of rotatable bonds is 16. The highest BCUT2D eigenvalue weighted by Gasteiger charge is 2.32. The number of carbonyl (C=O) groups is 3. The first-order valence-corrected chi connectivity index (χ1v) is 14.7. The maximum absolute atomic E-state index is 13.2. The molecule has 1 rings (SSSR count). The standard InChI is InChI=1S/C22H32I3N3O11/c1-10(32)28(4-13(35)8-39-9-14(36)7-31)20-18(24)15(21(37)26-2-11(33)5-29)17(23)16(19(20)25)22(38)27-3-12(34)6-30/h11-14,29-31,33-36H,2-9H2,1H3,(H,26,37)(H,27,38). The van der Waals surface area contributed by atoms with Crippen LogP contribution in [0.1, 0.15) is 27.6 Å². The van der Waals surface area contributed by atoms with E-state index in [0.29, 0.717) is 0 Å². The van der Waals surface area contributed by atoms with E-state index in [1.54, 1.807) is 22.6 Å². The SMILES string of the molecule is CC(=O)N(CC(O)COCC(O)CO)c1c(I)c(C(=O)NCC(O)CO)c(I)c(C(=O)NCC(O)CO)c1I. The molecule has 14 nitrogen and oxygen atoms in total. The summed E-state index contributed by atoms with van der Waals surface area (Å²) in [6.07, 6.45) is -4.86. The van der Waals surface area contributed by atoms with Gasteiger partial charge in [0.1, 0.15) is 6.10 Å². The van der Waals surface area contributed by atoms with E-state index < -0.39 is 62.0 Å². The van der Waals surface area contributed by atoms with Gasteiger partial charge in [0.2, 0.25) is 5.91 Å². The highest BCUT2D eigenvalue weighted by Crippen LogP contribution is 2.38. The first kappa shape index (κ1) is 36.5. The number of anilines is 1. The van der Waals surface area contributed by atoms with Gasteiger partial charge in [-0.15, -0.1) is 0 Å². The van der Waals surface area contributed by atoms with Gasteiger partial charge in [0.05, 0.1) is 81.8 Å². The van der Waals surface area contributed by atoms with Crippen LogP contribution in [0.25, 0.3) is 0 Å². The summed E-state index contributed by atoms with van der Waals surface area (Å²) in [5.74, 6) is -1.95. The van der Waals surface area contributed by atoms with Crippen molar-refractivity contribution in [2.24, 2.45) is 0 Å². The molecule has 222 valence electrons. The average molecular weight is 895 g/mol. The lowest BCUT2D eigenvalue weighted by Crippen LogP contribution is -2.41. The molecule has 0 saturated heterocycles. The van der Waals surface area contributed by atoms with Crippen LogP contribution in [0.2, 0.25) is 0 Å². The fraction of sp³-hybridized carbons (Fsp3) is 0.591. The average Bonchev–Trinajstić information content (AvgIpc) is 2.89. The highest BCUT2D eigenvalue weighted by molar-refractivity contribution is 14.1. The molecular formula is C22H32I3N3O11. The van der Waals surface area contributed by atoms with Gasteiger partial charge in [-0.3, -0.25) is 14.4 Å². The second-order valence-corrected chi connectivity index (χ2v) is 11.5. The number of ether oxygens (including phenoxy) is 1. The molecule has 0 radical (unpaired) electrons. The number of carbonyl (C=O) groups excluding carboxylic acids is 3. The van der Waals surface area contributed by atoms with Crippen molar-refractivity contribution in [2.75, 3.05) is 57.6 Å². The largest absolute Gasteiger partial charge is 0.394 e. The Morgan fingerprint density at radius 1 is 0.744 bits per heavy atom. The molecule has 0 spiro atoms. The Morgan fingerprint density at radius 3 is 1.54 bits per heavy atom. The molecule has 3 amide bonds. The zero-order valence-electron chi connectivity index (χ0n) is 20.8. The maximum atomic E-state index is 13.2. The third-order valence-corrected chi connectivity index (χ3v) is 8.22. The molecule has 0 bridgehead atoms. The minimum absolute atomic E-state index is 0.00679. The van der Waals surface area contributed by atoms with E-state index in [1.807, 2.05) is 45.2 Å². The van der Waals surface area contributed by atoms with Crippen LogP contribution in [-0.2, 0) is 9.53 Å². The van der Waals surface area contributed by atoms with Crippen molar-refractivity contribution >= 4 is 91.2 Å². The van der Waals surface area contributed by atoms with E-state index in [1.165, 1.54) is 6.92 Å². The Bertz CT molecular complexity index is 949. The zero-order chi connectivity index (χ0) is 29.9. The van der Waals surface area contributed by atoms with Crippen molar-refractivity contribution in [2.45, 2.75) is 31.3 Å². The molecule has 9 N–H and O–H groups in total. The highest BCUT2D eigenvalue weighted by atomic mass is 127. The number of amides is 3. The van der Waals surface area contributed by atoms with Crippen molar-refractivity contribution in [3.05, 3.63) is 21.8 Å². The predicted molar refractivity (Wildman–Crippen MR) is 163 cm³/mol. The number of nitrogens with one attached hydrogen (secondary N) is 2. The molecule has 1 aromatic carbocycles. The molecule has 0 heterocycles. The summed E-state index contributed by atoms with van der Waals surface area (Å²) in [6, 6.07) is 0. The van der Waals surface area contributed by atoms with Crippen LogP contribution < -0.4 is 15.5 Å². The second kappa shape index (κ2) is 18.1. The normalized spacial score (nSPS) is 14.3. The molecule has 0 aliphatic carbocycles. The monoisotopic (exact) mass is 895 g/mol. The van der Waals surface area contributed by atoms with Crippen LogP contribution in [0.3, 0.4) is 0 Å². The lowest BCUT2D eigenvalue weighted by Gasteiger charge is -2.29. The van der Waals surface area contributed by atoms with Crippen LogP contribution in [-0.4, -0.2) is 131 Å². The zero-order valence-corrected chi connectivity index (χ0v) is 27.3. The van der Waals surface area contributed by atoms with Crippen LogP contribution >= 0.6 is 67.8 Å². The number of benzene rings is 1. The molecule has 4 unspecified atom stereocenters. The third-order valence-electron chi connectivity index (χ3n) is 5.04. The lowest BCUT2D eigenvalue weighted by atomic mass is 10.1. The van der Waals surface area contributed by atoms with E-state index in [0.717, 1.165) is 4.90 Å². The van der Waals surface area contributed by atoms with Gasteiger partial charge >= 0.3 is 0 Å². The Kier molecular flexibility index (Phi) is 17.0. The maximum Gasteiger partial charge on any atom is 0.253 e. The van der Waals surface area contributed by atoms with Gasteiger partial charge in [-0.05, 0) is 67.8 Å². The van der Waals surface area contributed by atoms with Gasteiger partial charge in [0, 0.05) is 23.6 Å². The van der Waals surface area contributed by atoms with E-state index in [4.69, 9.17) is 20.1 Å². The summed E-state index contributed by atoms with van der Waals surface area (Å²) < 4.78 is 5.88. The lowest BCUT2D eigenvalue weighted by molar-refractivity contribution is -0.117. The molecule has 0 fully saturated rings. The first-order valence-electron chi connectivity index (χ1n) is 11.5. The summed E-state index contributed by atoms with van der Waals surface area (Å²) >= 11 is 5.46. The Balaban J connectivity index is 3.58. The van der Waals surface area contributed by atoms with Gasteiger partial charge in [0.15, 0.2) is 0 Å². The number of aliphatic hydroxyl groups is 7. The minimum atomic E-state index is -1.25. The molecule has 39 heavy (non-hydrogen) atoms.